The molecule has 0 saturated heterocycles. The van der Waals surface area contributed by atoms with E-state index in [1.165, 1.54) is 12.1 Å². The largest absolute Gasteiger partial charge is 0.294 e. The highest BCUT2D eigenvalue weighted by Gasteiger charge is 2.18. The second-order valence-corrected chi connectivity index (χ2v) is 3.73. The van der Waals surface area contributed by atoms with Crippen LogP contribution in [-0.2, 0) is 6.42 Å². The molecule has 0 radical (unpaired) electrons. The van der Waals surface area contributed by atoms with E-state index >= 15 is 0 Å². The van der Waals surface area contributed by atoms with Crippen molar-refractivity contribution in [2.45, 2.75) is 6.42 Å². The van der Waals surface area contributed by atoms with Crippen LogP contribution in [0.2, 0.25) is 0 Å². The van der Waals surface area contributed by atoms with Gasteiger partial charge in [-0.3, -0.25) is 19.9 Å². The van der Waals surface area contributed by atoms with E-state index in [9.17, 15) is 14.9 Å². The van der Waals surface area contributed by atoms with E-state index in [4.69, 9.17) is 0 Å². The number of hydrogen-bond acceptors (Lipinski definition) is 4. The normalized spacial score (nSPS) is 10.0. The Balaban J connectivity index is 2.27. The molecule has 1 heterocycles. The second-order valence-electron chi connectivity index (χ2n) is 3.73. The molecule has 0 aliphatic rings. The SMILES string of the molecule is O=C(Cc1ccncc1)c1ccccc1[N+](=O)[O-]. The number of benzene rings is 1. The Hall–Kier alpha value is -2.56. The highest BCUT2D eigenvalue weighted by molar-refractivity contribution is 6.00. The molecule has 0 fully saturated rings. The van der Waals surface area contributed by atoms with Gasteiger partial charge >= 0.3 is 0 Å². The van der Waals surface area contributed by atoms with E-state index in [0.717, 1.165) is 5.56 Å². The number of Topliss-reactive ketones (excluding diaryl/α,β-unsaturated/α-hetero) is 1. The number of hydrogen-bond donors (Lipinski definition) is 0. The van der Waals surface area contributed by atoms with E-state index in [1.54, 1.807) is 36.7 Å². The number of nitro groups is 1. The number of nitrogens with zero attached hydrogens (tertiary/aromatic N) is 2. The summed E-state index contributed by atoms with van der Waals surface area (Å²) in [4.78, 5) is 26.1. The average Bonchev–Trinajstić information content (AvgIpc) is 2.40. The third kappa shape index (κ3) is 2.57. The van der Waals surface area contributed by atoms with Crippen LogP contribution < -0.4 is 0 Å². The van der Waals surface area contributed by atoms with Crippen molar-refractivity contribution < 1.29 is 9.72 Å². The first-order chi connectivity index (χ1) is 8.68. The number of pyridine rings is 1. The van der Waals surface area contributed by atoms with Gasteiger partial charge in [-0.25, -0.2) is 0 Å². The van der Waals surface area contributed by atoms with E-state index in [-0.39, 0.29) is 23.5 Å². The Morgan fingerprint density at radius 3 is 2.50 bits per heavy atom. The van der Waals surface area contributed by atoms with Crippen molar-refractivity contribution in [2.24, 2.45) is 0 Å². The van der Waals surface area contributed by atoms with Crippen molar-refractivity contribution in [3.8, 4) is 0 Å². The molecule has 1 aromatic heterocycles. The number of ketones is 1. The molecule has 5 nitrogen and oxygen atoms in total. The quantitative estimate of drug-likeness (QED) is 0.469. The van der Waals surface area contributed by atoms with Gasteiger partial charge in [0.1, 0.15) is 0 Å². The average molecular weight is 242 g/mol. The Kier molecular flexibility index (Phi) is 3.43. The number of carbonyl (C=O) groups excluding carboxylic acids is 1. The summed E-state index contributed by atoms with van der Waals surface area (Å²) < 4.78 is 0. The third-order valence-electron chi connectivity index (χ3n) is 2.52. The number of carbonyl (C=O) groups is 1. The summed E-state index contributed by atoms with van der Waals surface area (Å²) in [5, 5.41) is 10.8. The fourth-order valence-corrected chi connectivity index (χ4v) is 1.65. The van der Waals surface area contributed by atoms with Crippen LogP contribution >= 0.6 is 0 Å². The smallest absolute Gasteiger partial charge is 0.280 e. The van der Waals surface area contributed by atoms with Crippen LogP contribution in [-0.4, -0.2) is 15.7 Å². The predicted molar refractivity (Wildman–Crippen MR) is 65.4 cm³/mol. The zero-order valence-electron chi connectivity index (χ0n) is 9.45. The lowest BCUT2D eigenvalue weighted by atomic mass is 10.0. The van der Waals surface area contributed by atoms with Crippen molar-refractivity contribution in [1.82, 2.24) is 4.98 Å². The molecule has 2 aromatic rings. The predicted octanol–water partition coefficient (Wildman–Crippen LogP) is 2.42. The summed E-state index contributed by atoms with van der Waals surface area (Å²) in [5.74, 6) is -0.270. The lowest BCUT2D eigenvalue weighted by Gasteiger charge is -2.02. The summed E-state index contributed by atoms with van der Waals surface area (Å²) in [7, 11) is 0. The zero-order chi connectivity index (χ0) is 13.0. The number of nitro benzene ring substituents is 1. The molecule has 0 aliphatic carbocycles. The molecule has 18 heavy (non-hydrogen) atoms. The summed E-state index contributed by atoms with van der Waals surface area (Å²) in [6.07, 6.45) is 3.30. The Morgan fingerprint density at radius 2 is 1.83 bits per heavy atom. The summed E-state index contributed by atoms with van der Waals surface area (Å²) in [5.41, 5.74) is 0.768. The van der Waals surface area contributed by atoms with Crippen LogP contribution in [0.5, 0.6) is 0 Å². The van der Waals surface area contributed by atoms with Crippen molar-refractivity contribution >= 4 is 11.5 Å². The molecule has 0 spiro atoms. The summed E-state index contributed by atoms with van der Waals surface area (Å²) in [6.45, 7) is 0. The lowest BCUT2D eigenvalue weighted by Crippen LogP contribution is -2.06. The van der Waals surface area contributed by atoms with Crippen molar-refractivity contribution in [1.29, 1.82) is 0 Å². The Morgan fingerprint density at radius 1 is 1.17 bits per heavy atom. The van der Waals surface area contributed by atoms with Gasteiger partial charge in [0.15, 0.2) is 5.78 Å². The zero-order valence-corrected chi connectivity index (χ0v) is 9.45. The topological polar surface area (TPSA) is 73.1 Å². The van der Waals surface area contributed by atoms with Crippen LogP contribution in [0.25, 0.3) is 0 Å². The second kappa shape index (κ2) is 5.18. The van der Waals surface area contributed by atoms with Gasteiger partial charge in [-0.2, -0.15) is 0 Å². The monoisotopic (exact) mass is 242 g/mol. The van der Waals surface area contributed by atoms with E-state index in [2.05, 4.69) is 4.98 Å². The van der Waals surface area contributed by atoms with Gasteiger partial charge in [0, 0.05) is 24.9 Å². The van der Waals surface area contributed by atoms with Gasteiger partial charge < -0.3 is 0 Å². The molecule has 5 heteroatoms. The van der Waals surface area contributed by atoms with Crippen LogP contribution in [0.3, 0.4) is 0 Å². The minimum Gasteiger partial charge on any atom is -0.294 e. The molecule has 2 rings (SSSR count). The van der Waals surface area contributed by atoms with Crippen molar-refractivity contribution in [2.75, 3.05) is 0 Å². The van der Waals surface area contributed by atoms with Crippen LogP contribution in [0.4, 0.5) is 5.69 Å². The fourth-order valence-electron chi connectivity index (χ4n) is 1.65. The summed E-state index contributed by atoms with van der Waals surface area (Å²) >= 11 is 0. The Bertz CT molecular complexity index is 582. The standard InChI is InChI=1S/C13H10N2O3/c16-13(9-10-5-7-14-8-6-10)11-3-1-2-4-12(11)15(17)18/h1-8H,9H2. The number of para-hydroxylation sites is 1. The number of rotatable bonds is 4. The third-order valence-corrected chi connectivity index (χ3v) is 2.52. The molecule has 1 aromatic carbocycles. The van der Waals surface area contributed by atoms with Gasteiger partial charge in [-0.15, -0.1) is 0 Å². The summed E-state index contributed by atoms with van der Waals surface area (Å²) in [6, 6.07) is 9.40. The molecule has 0 saturated carbocycles. The molecule has 0 N–H and O–H groups in total. The van der Waals surface area contributed by atoms with Gasteiger partial charge in [-0.1, -0.05) is 12.1 Å². The molecule has 0 bridgehead atoms. The lowest BCUT2D eigenvalue weighted by molar-refractivity contribution is -0.385. The van der Waals surface area contributed by atoms with E-state index in [0.29, 0.717) is 0 Å². The van der Waals surface area contributed by atoms with Gasteiger partial charge in [-0.05, 0) is 23.8 Å². The number of aromatic nitrogens is 1. The minimum absolute atomic E-state index is 0.132. The maximum Gasteiger partial charge on any atom is 0.280 e. The first kappa shape index (κ1) is 11.9. The molecular weight excluding hydrogens is 232 g/mol. The van der Waals surface area contributed by atoms with Crippen molar-refractivity contribution in [3.63, 3.8) is 0 Å². The highest BCUT2D eigenvalue weighted by atomic mass is 16.6. The molecular formula is C13H10N2O3. The molecule has 0 amide bonds. The van der Waals surface area contributed by atoms with Crippen LogP contribution in [0, 0.1) is 10.1 Å². The van der Waals surface area contributed by atoms with E-state index < -0.39 is 4.92 Å². The maximum atomic E-state index is 12.0. The first-order valence-corrected chi connectivity index (χ1v) is 5.34. The first-order valence-electron chi connectivity index (χ1n) is 5.34. The minimum atomic E-state index is -0.542. The van der Waals surface area contributed by atoms with Crippen LogP contribution in [0.15, 0.2) is 48.8 Å². The fraction of sp³-hybridized carbons (Fsp3) is 0.0769. The molecule has 0 atom stereocenters. The van der Waals surface area contributed by atoms with Gasteiger partial charge in [0.2, 0.25) is 0 Å². The molecule has 0 aliphatic heterocycles. The highest BCUT2D eigenvalue weighted by Crippen LogP contribution is 2.19. The van der Waals surface area contributed by atoms with Gasteiger partial charge in [0.05, 0.1) is 10.5 Å². The Labute approximate surface area is 103 Å². The molecule has 90 valence electrons. The van der Waals surface area contributed by atoms with Crippen molar-refractivity contribution in [3.05, 3.63) is 70.0 Å². The molecule has 0 unspecified atom stereocenters. The van der Waals surface area contributed by atoms with Gasteiger partial charge in [0.25, 0.3) is 5.69 Å². The maximum absolute atomic E-state index is 12.0. The van der Waals surface area contributed by atoms with Crippen LogP contribution in [0.1, 0.15) is 15.9 Å². The van der Waals surface area contributed by atoms with E-state index in [1.807, 2.05) is 0 Å².